The van der Waals surface area contributed by atoms with Crippen LogP contribution in [0, 0.1) is 0 Å². The summed E-state index contributed by atoms with van der Waals surface area (Å²) in [4.78, 5) is 11.1. The first-order valence-electron chi connectivity index (χ1n) is 5.70. The van der Waals surface area contributed by atoms with E-state index >= 15 is 0 Å². The average Bonchev–Trinajstić information content (AvgIpc) is 2.30. The number of benzene rings is 1. The molecule has 4 nitrogen and oxygen atoms in total. The number of carbonyl (C=O) groups is 1. The number of ether oxygens (including phenoxy) is 1. The third kappa shape index (κ3) is 4.69. The van der Waals surface area contributed by atoms with Crippen molar-refractivity contribution in [2.75, 3.05) is 18.9 Å². The molecule has 1 aromatic carbocycles. The maximum Gasteiger partial charge on any atom is 0.420 e. The van der Waals surface area contributed by atoms with Gasteiger partial charge in [-0.3, -0.25) is 4.79 Å². The van der Waals surface area contributed by atoms with E-state index in [1.165, 1.54) is 6.07 Å². The van der Waals surface area contributed by atoms with Crippen molar-refractivity contribution in [1.82, 2.24) is 5.32 Å². The van der Waals surface area contributed by atoms with Crippen LogP contribution in [0.15, 0.2) is 18.2 Å². The molecule has 1 aromatic rings. The molecule has 0 aromatic heterocycles. The van der Waals surface area contributed by atoms with Gasteiger partial charge in [-0.1, -0.05) is 0 Å². The summed E-state index contributed by atoms with van der Waals surface area (Å²) in [6.45, 7) is 2.09. The van der Waals surface area contributed by atoms with E-state index < -0.39 is 11.7 Å². The predicted octanol–water partition coefficient (Wildman–Crippen LogP) is 2.19. The van der Waals surface area contributed by atoms with Crippen LogP contribution in [-0.4, -0.2) is 19.1 Å². The van der Waals surface area contributed by atoms with Crippen LogP contribution < -0.4 is 15.8 Å². The second-order valence-electron chi connectivity index (χ2n) is 3.81. The Labute approximate surface area is 108 Å². The van der Waals surface area contributed by atoms with Crippen LogP contribution in [0.1, 0.15) is 18.9 Å². The summed E-state index contributed by atoms with van der Waals surface area (Å²) in [6, 6.07) is 3.27. The number of anilines is 1. The molecule has 1 rings (SSSR count). The van der Waals surface area contributed by atoms with Gasteiger partial charge in [0.2, 0.25) is 5.91 Å². The average molecular weight is 276 g/mol. The van der Waals surface area contributed by atoms with Gasteiger partial charge in [0.25, 0.3) is 0 Å². The van der Waals surface area contributed by atoms with Gasteiger partial charge in [0, 0.05) is 12.2 Å². The number of carbonyl (C=O) groups excluding carboxylic acids is 1. The van der Waals surface area contributed by atoms with E-state index in [0.717, 1.165) is 12.1 Å². The number of hydrogen-bond donors (Lipinski definition) is 2. The van der Waals surface area contributed by atoms with E-state index in [4.69, 9.17) is 10.5 Å². The molecular formula is C12H15F3N2O2. The smallest absolute Gasteiger partial charge is 0.420 e. The van der Waals surface area contributed by atoms with Crippen LogP contribution >= 0.6 is 0 Å². The molecule has 0 bridgehead atoms. The zero-order valence-electron chi connectivity index (χ0n) is 10.4. The molecule has 106 valence electrons. The van der Waals surface area contributed by atoms with Gasteiger partial charge in [-0.25, -0.2) is 0 Å². The molecular weight excluding hydrogens is 261 g/mol. The Kier molecular flexibility index (Phi) is 5.02. The highest BCUT2D eigenvalue weighted by molar-refractivity contribution is 5.75. The molecule has 0 unspecified atom stereocenters. The first kappa shape index (κ1) is 15.1. The molecule has 0 atom stereocenters. The van der Waals surface area contributed by atoms with E-state index in [1.807, 2.05) is 0 Å². The minimum absolute atomic E-state index is 0.00315. The number of nitrogens with one attached hydrogen (secondary N) is 1. The van der Waals surface area contributed by atoms with Crippen LogP contribution in [0.2, 0.25) is 0 Å². The standard InChI is InChI=1S/C12H15F3N2O2/c1-2-17-11(18)5-6-19-10-4-3-8(16)7-9(10)12(13,14)15/h3-4,7H,2,5-6,16H2,1H3,(H,17,18). The molecule has 0 heterocycles. The highest BCUT2D eigenvalue weighted by Crippen LogP contribution is 2.37. The predicted molar refractivity (Wildman–Crippen MR) is 64.7 cm³/mol. The fourth-order valence-corrected chi connectivity index (χ4v) is 1.43. The number of hydrogen-bond acceptors (Lipinski definition) is 3. The molecule has 0 aliphatic carbocycles. The third-order valence-electron chi connectivity index (χ3n) is 2.27. The van der Waals surface area contributed by atoms with Crippen molar-refractivity contribution in [3.05, 3.63) is 23.8 Å². The van der Waals surface area contributed by atoms with E-state index in [-0.39, 0.29) is 30.4 Å². The molecule has 0 radical (unpaired) electrons. The van der Waals surface area contributed by atoms with Crippen LogP contribution in [0.5, 0.6) is 5.75 Å². The number of amides is 1. The first-order chi connectivity index (χ1) is 8.84. The highest BCUT2D eigenvalue weighted by atomic mass is 19.4. The van der Waals surface area contributed by atoms with Crippen LogP contribution in [-0.2, 0) is 11.0 Å². The summed E-state index contributed by atoms with van der Waals surface area (Å²) in [7, 11) is 0. The van der Waals surface area contributed by atoms with Crippen LogP contribution in [0.25, 0.3) is 0 Å². The van der Waals surface area contributed by atoms with Crippen LogP contribution in [0.4, 0.5) is 18.9 Å². The summed E-state index contributed by atoms with van der Waals surface area (Å²) in [5.41, 5.74) is 4.38. The van der Waals surface area contributed by atoms with E-state index in [1.54, 1.807) is 6.92 Å². The maximum atomic E-state index is 12.7. The lowest BCUT2D eigenvalue weighted by Gasteiger charge is -2.14. The second kappa shape index (κ2) is 6.31. The van der Waals surface area contributed by atoms with Crippen molar-refractivity contribution in [3.63, 3.8) is 0 Å². The van der Waals surface area contributed by atoms with Crippen molar-refractivity contribution < 1.29 is 22.7 Å². The minimum atomic E-state index is -4.55. The lowest BCUT2D eigenvalue weighted by atomic mass is 10.1. The van der Waals surface area contributed by atoms with Crippen molar-refractivity contribution in [2.24, 2.45) is 0 Å². The summed E-state index contributed by atoms with van der Waals surface area (Å²) in [5.74, 6) is -0.600. The van der Waals surface area contributed by atoms with Crippen LogP contribution in [0.3, 0.4) is 0 Å². The van der Waals surface area contributed by atoms with Gasteiger partial charge < -0.3 is 15.8 Å². The van der Waals surface area contributed by atoms with Gasteiger partial charge in [0.1, 0.15) is 5.75 Å². The molecule has 0 saturated heterocycles. The summed E-state index contributed by atoms with van der Waals surface area (Å²) >= 11 is 0. The number of alkyl halides is 3. The Bertz CT molecular complexity index is 447. The molecule has 1 amide bonds. The summed E-state index contributed by atoms with van der Waals surface area (Å²) in [6.07, 6.45) is -4.55. The molecule has 0 saturated carbocycles. The lowest BCUT2D eigenvalue weighted by molar-refractivity contribution is -0.138. The summed E-state index contributed by atoms with van der Waals surface area (Å²) in [5, 5.41) is 2.52. The normalized spacial score (nSPS) is 11.2. The molecule has 0 fully saturated rings. The minimum Gasteiger partial charge on any atom is -0.492 e. The fraction of sp³-hybridized carbons (Fsp3) is 0.417. The second-order valence-corrected chi connectivity index (χ2v) is 3.81. The quantitative estimate of drug-likeness (QED) is 0.810. The van der Waals surface area contributed by atoms with E-state index in [9.17, 15) is 18.0 Å². The zero-order valence-corrected chi connectivity index (χ0v) is 10.4. The van der Waals surface area contributed by atoms with Gasteiger partial charge in [0.05, 0.1) is 18.6 Å². The number of halogens is 3. The monoisotopic (exact) mass is 276 g/mol. The molecule has 7 heteroatoms. The Morgan fingerprint density at radius 1 is 1.42 bits per heavy atom. The van der Waals surface area contributed by atoms with E-state index in [0.29, 0.717) is 6.54 Å². The molecule has 0 aliphatic heterocycles. The number of rotatable bonds is 5. The lowest BCUT2D eigenvalue weighted by Crippen LogP contribution is -2.24. The van der Waals surface area contributed by atoms with Crippen molar-refractivity contribution in [2.45, 2.75) is 19.5 Å². The topological polar surface area (TPSA) is 64.3 Å². The van der Waals surface area contributed by atoms with Gasteiger partial charge in [-0.05, 0) is 25.1 Å². The summed E-state index contributed by atoms with van der Waals surface area (Å²) < 4.78 is 43.2. The van der Waals surface area contributed by atoms with Gasteiger partial charge in [-0.15, -0.1) is 0 Å². The highest BCUT2D eigenvalue weighted by Gasteiger charge is 2.34. The third-order valence-corrected chi connectivity index (χ3v) is 2.27. The van der Waals surface area contributed by atoms with Gasteiger partial charge >= 0.3 is 6.18 Å². The Morgan fingerprint density at radius 2 is 2.11 bits per heavy atom. The van der Waals surface area contributed by atoms with Gasteiger partial charge in [-0.2, -0.15) is 13.2 Å². The first-order valence-corrected chi connectivity index (χ1v) is 5.70. The zero-order chi connectivity index (χ0) is 14.5. The number of nitrogen functional groups attached to an aromatic ring is 1. The molecule has 3 N–H and O–H groups in total. The maximum absolute atomic E-state index is 12.7. The Balaban J connectivity index is 2.71. The SMILES string of the molecule is CCNC(=O)CCOc1ccc(N)cc1C(F)(F)F. The van der Waals surface area contributed by atoms with Crippen molar-refractivity contribution in [3.8, 4) is 5.75 Å². The van der Waals surface area contributed by atoms with Crippen molar-refractivity contribution >= 4 is 11.6 Å². The van der Waals surface area contributed by atoms with Gasteiger partial charge in [0.15, 0.2) is 0 Å². The Morgan fingerprint density at radius 3 is 2.68 bits per heavy atom. The Hall–Kier alpha value is -1.92. The number of nitrogens with two attached hydrogens (primary N) is 1. The molecule has 0 aliphatic rings. The molecule has 19 heavy (non-hydrogen) atoms. The largest absolute Gasteiger partial charge is 0.492 e. The fourth-order valence-electron chi connectivity index (χ4n) is 1.43. The van der Waals surface area contributed by atoms with E-state index in [2.05, 4.69) is 5.32 Å². The van der Waals surface area contributed by atoms with Crippen molar-refractivity contribution in [1.29, 1.82) is 0 Å². The molecule has 0 spiro atoms.